The van der Waals surface area contributed by atoms with Crippen molar-refractivity contribution in [2.24, 2.45) is 0 Å². The first-order valence-corrected chi connectivity index (χ1v) is 6.07. The average Bonchev–Trinajstić information content (AvgIpc) is 2.90. The van der Waals surface area contributed by atoms with Gasteiger partial charge >= 0.3 is 0 Å². The van der Waals surface area contributed by atoms with Gasteiger partial charge in [-0.1, -0.05) is 5.16 Å². The number of hydrogen-bond acceptors (Lipinski definition) is 5. The highest BCUT2D eigenvalue weighted by molar-refractivity contribution is 4.80. The Balaban J connectivity index is 1.58. The van der Waals surface area contributed by atoms with Crippen LogP contribution in [0.3, 0.4) is 0 Å². The van der Waals surface area contributed by atoms with Crippen LogP contribution in [-0.4, -0.2) is 35.3 Å². The van der Waals surface area contributed by atoms with Crippen LogP contribution >= 0.6 is 0 Å². The molecule has 2 unspecified atom stereocenters. The molecule has 0 amide bonds. The van der Waals surface area contributed by atoms with Gasteiger partial charge in [0.1, 0.15) is 0 Å². The fraction of sp³-hybridized carbons (Fsp3) is 0.818. The van der Waals surface area contributed by atoms with Gasteiger partial charge in [0.25, 0.3) is 0 Å². The van der Waals surface area contributed by atoms with Crippen molar-refractivity contribution in [2.45, 2.75) is 44.7 Å². The zero-order valence-corrected chi connectivity index (χ0v) is 9.78. The smallest absolute Gasteiger partial charge is 0.227 e. The van der Waals surface area contributed by atoms with Crippen LogP contribution in [0.15, 0.2) is 10.9 Å². The Hall–Kier alpha value is -0.940. The summed E-state index contributed by atoms with van der Waals surface area (Å²) in [6.07, 6.45) is 6.09. The van der Waals surface area contributed by atoms with E-state index in [1.165, 1.54) is 32.1 Å². The molecule has 0 bridgehead atoms. The zero-order chi connectivity index (χ0) is 11.2. The van der Waals surface area contributed by atoms with Crippen molar-refractivity contribution in [2.75, 3.05) is 13.1 Å². The fourth-order valence-corrected chi connectivity index (χ4v) is 2.20. The maximum Gasteiger partial charge on any atom is 0.227 e. The second-order valence-electron chi connectivity index (χ2n) is 4.47. The van der Waals surface area contributed by atoms with Gasteiger partial charge in [-0.05, 0) is 32.7 Å². The molecule has 0 aromatic carbocycles. The predicted octanol–water partition coefficient (Wildman–Crippen LogP) is 0.732. The lowest BCUT2D eigenvalue weighted by Gasteiger charge is -2.17. The second-order valence-corrected chi connectivity index (χ2v) is 4.47. The Bertz CT molecular complexity index is 282. The van der Waals surface area contributed by atoms with E-state index in [1.807, 2.05) is 0 Å². The van der Waals surface area contributed by atoms with Crippen molar-refractivity contribution in [1.82, 2.24) is 20.8 Å². The Labute approximate surface area is 96.0 Å². The molecule has 0 aliphatic carbocycles. The van der Waals surface area contributed by atoms with Gasteiger partial charge in [-0.3, -0.25) is 0 Å². The summed E-state index contributed by atoms with van der Waals surface area (Å²) in [5.41, 5.74) is 0. The molecule has 2 rings (SSSR count). The van der Waals surface area contributed by atoms with Crippen LogP contribution in [-0.2, 0) is 6.42 Å². The Morgan fingerprint density at radius 3 is 3.31 bits per heavy atom. The number of nitrogens with one attached hydrogen (secondary N) is 2. The van der Waals surface area contributed by atoms with Gasteiger partial charge in [-0.2, -0.15) is 4.98 Å². The third kappa shape index (κ3) is 3.57. The standard InChI is InChI=1S/C11H20N4O/c1-9(7-10-3-2-5-13-10)12-6-4-11-14-8-15-16-11/h8-10,12-13H,2-7H2,1H3. The highest BCUT2D eigenvalue weighted by Gasteiger charge is 2.16. The molecular formula is C11H20N4O. The monoisotopic (exact) mass is 224 g/mol. The van der Waals surface area contributed by atoms with Crippen LogP contribution in [0.5, 0.6) is 0 Å². The first-order valence-electron chi connectivity index (χ1n) is 6.07. The van der Waals surface area contributed by atoms with Gasteiger partial charge in [0.2, 0.25) is 5.89 Å². The molecule has 2 N–H and O–H groups in total. The van der Waals surface area contributed by atoms with E-state index in [0.717, 1.165) is 13.0 Å². The zero-order valence-electron chi connectivity index (χ0n) is 9.78. The number of nitrogens with zero attached hydrogens (tertiary/aromatic N) is 2. The lowest BCUT2D eigenvalue weighted by molar-refractivity contribution is 0.368. The first-order chi connectivity index (χ1) is 7.84. The fourth-order valence-electron chi connectivity index (χ4n) is 2.20. The Morgan fingerprint density at radius 1 is 1.69 bits per heavy atom. The average molecular weight is 224 g/mol. The summed E-state index contributed by atoms with van der Waals surface area (Å²) in [6.45, 7) is 4.31. The summed E-state index contributed by atoms with van der Waals surface area (Å²) < 4.78 is 4.94. The molecule has 0 radical (unpaired) electrons. The van der Waals surface area contributed by atoms with E-state index in [0.29, 0.717) is 18.0 Å². The molecule has 0 spiro atoms. The van der Waals surface area contributed by atoms with Crippen molar-refractivity contribution in [3.8, 4) is 0 Å². The maximum absolute atomic E-state index is 4.94. The molecule has 2 atom stereocenters. The van der Waals surface area contributed by atoms with Gasteiger partial charge in [-0.25, -0.2) is 0 Å². The van der Waals surface area contributed by atoms with Crippen molar-refractivity contribution < 1.29 is 4.52 Å². The van der Waals surface area contributed by atoms with E-state index in [9.17, 15) is 0 Å². The van der Waals surface area contributed by atoms with E-state index in [1.54, 1.807) is 0 Å². The SMILES string of the molecule is CC(CC1CCCN1)NCCc1ncno1. The molecular weight excluding hydrogens is 204 g/mol. The molecule has 1 aromatic rings. The molecule has 1 saturated heterocycles. The van der Waals surface area contributed by atoms with Crippen molar-refractivity contribution in [3.63, 3.8) is 0 Å². The predicted molar refractivity (Wildman–Crippen MR) is 61.1 cm³/mol. The number of hydrogen-bond donors (Lipinski definition) is 2. The minimum atomic E-state index is 0.540. The van der Waals surface area contributed by atoms with Crippen LogP contribution in [0.2, 0.25) is 0 Å². The minimum absolute atomic E-state index is 0.540. The van der Waals surface area contributed by atoms with Crippen LogP contribution in [0, 0.1) is 0 Å². The third-order valence-electron chi connectivity index (χ3n) is 3.04. The molecule has 16 heavy (non-hydrogen) atoms. The summed E-state index contributed by atoms with van der Waals surface area (Å²) in [5, 5.41) is 10.6. The van der Waals surface area contributed by atoms with E-state index in [4.69, 9.17) is 4.52 Å². The highest BCUT2D eigenvalue weighted by atomic mass is 16.5. The molecule has 1 aliphatic heterocycles. The Morgan fingerprint density at radius 2 is 2.62 bits per heavy atom. The van der Waals surface area contributed by atoms with Crippen molar-refractivity contribution in [1.29, 1.82) is 0 Å². The third-order valence-corrected chi connectivity index (χ3v) is 3.04. The summed E-state index contributed by atoms with van der Waals surface area (Å²) in [7, 11) is 0. The summed E-state index contributed by atoms with van der Waals surface area (Å²) in [4.78, 5) is 3.99. The molecule has 90 valence electrons. The van der Waals surface area contributed by atoms with E-state index >= 15 is 0 Å². The van der Waals surface area contributed by atoms with E-state index in [2.05, 4.69) is 27.7 Å². The first kappa shape index (κ1) is 11.5. The quantitative estimate of drug-likeness (QED) is 0.746. The summed E-state index contributed by atoms with van der Waals surface area (Å²) in [5.74, 6) is 0.707. The minimum Gasteiger partial charge on any atom is -0.340 e. The van der Waals surface area contributed by atoms with Gasteiger partial charge in [-0.15, -0.1) is 0 Å². The van der Waals surface area contributed by atoms with Gasteiger partial charge in [0.05, 0.1) is 0 Å². The summed E-state index contributed by atoms with van der Waals surface area (Å²) >= 11 is 0. The van der Waals surface area contributed by atoms with Gasteiger partial charge in [0.15, 0.2) is 6.33 Å². The van der Waals surface area contributed by atoms with Crippen LogP contribution in [0.1, 0.15) is 32.1 Å². The largest absolute Gasteiger partial charge is 0.340 e. The molecule has 1 aliphatic rings. The molecule has 1 aromatic heterocycles. The Kier molecular flexibility index (Phi) is 4.30. The highest BCUT2D eigenvalue weighted by Crippen LogP contribution is 2.10. The van der Waals surface area contributed by atoms with Crippen LogP contribution in [0.25, 0.3) is 0 Å². The van der Waals surface area contributed by atoms with Crippen molar-refractivity contribution in [3.05, 3.63) is 12.2 Å². The lowest BCUT2D eigenvalue weighted by atomic mass is 10.1. The molecule has 1 fully saturated rings. The molecule has 2 heterocycles. The van der Waals surface area contributed by atoms with E-state index < -0.39 is 0 Å². The molecule has 5 heteroatoms. The summed E-state index contributed by atoms with van der Waals surface area (Å²) in [6, 6.07) is 1.24. The van der Waals surface area contributed by atoms with Gasteiger partial charge < -0.3 is 15.2 Å². The van der Waals surface area contributed by atoms with Gasteiger partial charge in [0, 0.05) is 25.0 Å². The lowest BCUT2D eigenvalue weighted by Crippen LogP contribution is -2.34. The maximum atomic E-state index is 4.94. The normalized spacial score (nSPS) is 22.4. The van der Waals surface area contributed by atoms with Crippen LogP contribution < -0.4 is 10.6 Å². The number of aromatic nitrogens is 2. The topological polar surface area (TPSA) is 63.0 Å². The molecule has 5 nitrogen and oxygen atoms in total. The van der Waals surface area contributed by atoms with E-state index in [-0.39, 0.29) is 0 Å². The second kappa shape index (κ2) is 5.96. The van der Waals surface area contributed by atoms with Crippen LogP contribution in [0.4, 0.5) is 0 Å². The van der Waals surface area contributed by atoms with Crippen molar-refractivity contribution >= 4 is 0 Å². The number of rotatable bonds is 6. The molecule has 0 saturated carbocycles.